The molecular weight excluding hydrogens is 483 g/mol. The molecule has 0 bridgehead atoms. The van der Waals surface area contributed by atoms with Gasteiger partial charge in [-0.05, 0) is 65.9 Å². The van der Waals surface area contributed by atoms with E-state index in [0.717, 1.165) is 24.1 Å². The molecule has 3 heteroatoms. The maximum Gasteiger partial charge on any atom is 0.127 e. The number of ether oxygens (including phenoxy) is 2. The Bertz CT molecular complexity index is 1360. The molecule has 38 heavy (non-hydrogen) atoms. The molecule has 5 rings (SSSR count). The first-order valence-electron chi connectivity index (χ1n) is 13.1. The van der Waals surface area contributed by atoms with Crippen molar-refractivity contribution in [1.82, 2.24) is 0 Å². The van der Waals surface area contributed by atoms with Gasteiger partial charge in [-0.15, -0.1) is 0 Å². The Morgan fingerprint density at radius 1 is 0.553 bits per heavy atom. The third-order valence-electron chi connectivity index (χ3n) is 7.09. The van der Waals surface area contributed by atoms with E-state index in [2.05, 4.69) is 128 Å². The van der Waals surface area contributed by atoms with E-state index >= 15 is 0 Å². The highest BCUT2D eigenvalue weighted by molar-refractivity contribution is 7.73. The van der Waals surface area contributed by atoms with Gasteiger partial charge in [0, 0.05) is 13.3 Å². The van der Waals surface area contributed by atoms with E-state index in [4.69, 9.17) is 9.47 Å². The van der Waals surface area contributed by atoms with Crippen LogP contribution in [0, 0.1) is 0 Å². The monoisotopic (exact) mass is 516 g/mol. The van der Waals surface area contributed by atoms with Gasteiger partial charge in [-0.3, -0.25) is 0 Å². The zero-order valence-electron chi connectivity index (χ0n) is 22.0. The predicted octanol–water partition coefficient (Wildman–Crippen LogP) is 8.53. The van der Waals surface area contributed by atoms with Gasteiger partial charge in [0.05, 0.1) is 5.60 Å². The van der Waals surface area contributed by atoms with Crippen molar-refractivity contribution in [2.45, 2.75) is 18.9 Å². The molecule has 5 aromatic carbocycles. The van der Waals surface area contributed by atoms with Gasteiger partial charge in [0.25, 0.3) is 0 Å². The van der Waals surface area contributed by atoms with E-state index in [1.165, 1.54) is 27.3 Å². The summed E-state index contributed by atoms with van der Waals surface area (Å²) in [4.78, 5) is 0. The second-order valence-corrected chi connectivity index (χ2v) is 11.5. The predicted molar refractivity (Wildman–Crippen MR) is 161 cm³/mol. The SMILES string of the molecule is CCC(CP(c1ccccc1)c1ccccc1)(OC)c1ccc(Oc2ccc(-c3ccccc3)cc2)cc1. The molecule has 0 amide bonds. The third-order valence-corrected chi connectivity index (χ3v) is 9.76. The maximum atomic E-state index is 6.34. The standard InChI is InChI=1S/C35H33O2P/c1-3-35(36-2,27-38(33-15-9-5-10-16-33)34-17-11-6-12-18-34)30-21-25-32(26-22-30)37-31-23-19-29(20-24-31)28-13-7-4-8-14-28/h4-26H,3,27H2,1-2H3. The van der Waals surface area contributed by atoms with Crippen molar-refractivity contribution < 1.29 is 9.47 Å². The molecule has 0 saturated heterocycles. The Labute approximate surface area is 227 Å². The first kappa shape index (κ1) is 25.9. The number of rotatable bonds is 10. The van der Waals surface area contributed by atoms with E-state index in [-0.39, 0.29) is 0 Å². The van der Waals surface area contributed by atoms with Crippen LogP contribution in [0.5, 0.6) is 11.5 Å². The molecule has 5 aromatic rings. The summed E-state index contributed by atoms with van der Waals surface area (Å²) in [6, 6.07) is 48.7. The van der Waals surface area contributed by atoms with E-state index in [9.17, 15) is 0 Å². The molecule has 0 N–H and O–H groups in total. The molecule has 0 aromatic heterocycles. The van der Waals surface area contributed by atoms with Gasteiger partial charge in [-0.1, -0.05) is 122 Å². The molecule has 0 spiro atoms. The quantitative estimate of drug-likeness (QED) is 0.173. The Hall–Kier alpha value is -3.71. The van der Waals surface area contributed by atoms with Crippen LogP contribution in [0.15, 0.2) is 140 Å². The van der Waals surface area contributed by atoms with E-state index in [1.807, 2.05) is 25.3 Å². The largest absolute Gasteiger partial charge is 0.457 e. The Kier molecular flexibility index (Phi) is 8.34. The Morgan fingerprint density at radius 3 is 1.47 bits per heavy atom. The number of hydrogen-bond donors (Lipinski definition) is 0. The van der Waals surface area contributed by atoms with Gasteiger partial charge in [0.1, 0.15) is 11.5 Å². The van der Waals surface area contributed by atoms with Crippen LogP contribution >= 0.6 is 7.92 Å². The molecule has 190 valence electrons. The number of benzene rings is 5. The zero-order valence-corrected chi connectivity index (χ0v) is 22.9. The van der Waals surface area contributed by atoms with Crippen molar-refractivity contribution in [3.8, 4) is 22.6 Å². The van der Waals surface area contributed by atoms with Crippen LogP contribution in [-0.4, -0.2) is 13.3 Å². The lowest BCUT2D eigenvalue weighted by Crippen LogP contribution is -2.34. The molecule has 0 aliphatic carbocycles. The van der Waals surface area contributed by atoms with Crippen molar-refractivity contribution in [2.24, 2.45) is 0 Å². The van der Waals surface area contributed by atoms with Gasteiger partial charge in [0.2, 0.25) is 0 Å². The topological polar surface area (TPSA) is 18.5 Å². The summed E-state index contributed by atoms with van der Waals surface area (Å²) in [5.41, 5.74) is 3.15. The van der Waals surface area contributed by atoms with Crippen LogP contribution < -0.4 is 15.3 Å². The lowest BCUT2D eigenvalue weighted by Gasteiger charge is -2.36. The summed E-state index contributed by atoms with van der Waals surface area (Å²) in [6.45, 7) is 2.21. The molecule has 0 radical (unpaired) electrons. The van der Waals surface area contributed by atoms with Gasteiger partial charge >= 0.3 is 0 Å². The Morgan fingerprint density at radius 2 is 1.00 bits per heavy atom. The summed E-state index contributed by atoms with van der Waals surface area (Å²) in [6.07, 6.45) is 1.79. The highest BCUT2D eigenvalue weighted by atomic mass is 31.1. The van der Waals surface area contributed by atoms with Crippen molar-refractivity contribution in [2.75, 3.05) is 13.3 Å². The van der Waals surface area contributed by atoms with E-state index in [0.29, 0.717) is 0 Å². The summed E-state index contributed by atoms with van der Waals surface area (Å²) in [5.74, 6) is 1.64. The van der Waals surface area contributed by atoms with Crippen LogP contribution in [0.25, 0.3) is 11.1 Å². The van der Waals surface area contributed by atoms with Gasteiger partial charge in [-0.2, -0.15) is 0 Å². The molecule has 1 unspecified atom stereocenters. The molecule has 0 saturated carbocycles. The molecule has 2 nitrogen and oxygen atoms in total. The minimum absolute atomic E-state index is 0.396. The highest BCUT2D eigenvalue weighted by Gasteiger charge is 2.34. The number of hydrogen-bond acceptors (Lipinski definition) is 2. The normalized spacial score (nSPS) is 12.7. The molecule has 0 aliphatic rings. The molecule has 0 fully saturated rings. The Balaban J connectivity index is 1.37. The summed E-state index contributed by atoms with van der Waals surface area (Å²) >= 11 is 0. The number of methoxy groups -OCH3 is 1. The average Bonchev–Trinajstić information content (AvgIpc) is 3.00. The third kappa shape index (κ3) is 5.89. The first-order valence-corrected chi connectivity index (χ1v) is 14.6. The van der Waals surface area contributed by atoms with Crippen LogP contribution in [0.1, 0.15) is 18.9 Å². The van der Waals surface area contributed by atoms with Crippen LogP contribution in [0.3, 0.4) is 0 Å². The van der Waals surface area contributed by atoms with Crippen molar-refractivity contribution >= 4 is 18.5 Å². The van der Waals surface area contributed by atoms with Gasteiger partial charge < -0.3 is 9.47 Å². The van der Waals surface area contributed by atoms with Crippen LogP contribution in [-0.2, 0) is 10.3 Å². The maximum absolute atomic E-state index is 6.34. The smallest absolute Gasteiger partial charge is 0.127 e. The second-order valence-electron chi connectivity index (χ2n) is 9.33. The summed E-state index contributed by atoms with van der Waals surface area (Å²) < 4.78 is 12.5. The molecule has 0 heterocycles. The summed E-state index contributed by atoms with van der Waals surface area (Å²) in [7, 11) is 1.24. The molecule has 1 atom stereocenters. The fraction of sp³-hybridized carbons (Fsp3) is 0.143. The van der Waals surface area contributed by atoms with E-state index in [1.54, 1.807) is 0 Å². The molecular formula is C35H33O2P. The van der Waals surface area contributed by atoms with Crippen molar-refractivity contribution in [1.29, 1.82) is 0 Å². The lowest BCUT2D eigenvalue weighted by atomic mass is 9.92. The van der Waals surface area contributed by atoms with E-state index < -0.39 is 13.5 Å². The second kappa shape index (κ2) is 12.2. The van der Waals surface area contributed by atoms with Crippen LogP contribution in [0.2, 0.25) is 0 Å². The fourth-order valence-corrected chi connectivity index (χ4v) is 7.62. The molecule has 0 aliphatic heterocycles. The fourth-order valence-electron chi connectivity index (χ4n) is 4.85. The van der Waals surface area contributed by atoms with Gasteiger partial charge in [-0.25, -0.2) is 0 Å². The van der Waals surface area contributed by atoms with Crippen molar-refractivity contribution in [3.05, 3.63) is 145 Å². The van der Waals surface area contributed by atoms with Crippen molar-refractivity contribution in [3.63, 3.8) is 0 Å². The highest BCUT2D eigenvalue weighted by Crippen LogP contribution is 2.44. The minimum atomic E-state index is -0.600. The lowest BCUT2D eigenvalue weighted by molar-refractivity contribution is 0.00243. The minimum Gasteiger partial charge on any atom is -0.457 e. The van der Waals surface area contributed by atoms with Crippen LogP contribution in [0.4, 0.5) is 0 Å². The summed E-state index contributed by atoms with van der Waals surface area (Å²) in [5, 5.41) is 2.73. The van der Waals surface area contributed by atoms with Gasteiger partial charge in [0.15, 0.2) is 0 Å². The average molecular weight is 517 g/mol. The zero-order chi connectivity index (χ0) is 26.2. The first-order chi connectivity index (χ1) is 18.7.